The van der Waals surface area contributed by atoms with Crippen LogP contribution < -0.4 is 5.32 Å². The van der Waals surface area contributed by atoms with Crippen LogP contribution in [0.25, 0.3) is 10.9 Å². The molecule has 1 atom stereocenters. The molecular weight excluding hydrogens is 220 g/mol. The molecule has 1 unspecified atom stereocenters. The number of rotatable bonds is 2. The predicted molar refractivity (Wildman–Crippen MR) is 77.1 cm³/mol. The molecule has 1 aliphatic rings. The summed E-state index contributed by atoms with van der Waals surface area (Å²) >= 11 is 0. The zero-order chi connectivity index (χ0) is 12.7. The van der Waals surface area contributed by atoms with Crippen molar-refractivity contribution in [3.8, 4) is 0 Å². The number of benzene rings is 1. The van der Waals surface area contributed by atoms with Crippen LogP contribution in [0.5, 0.6) is 0 Å². The molecule has 0 saturated heterocycles. The molecular formula is C16H22N2. The average Bonchev–Trinajstić information content (AvgIpc) is 2.76. The van der Waals surface area contributed by atoms with Crippen LogP contribution >= 0.6 is 0 Å². The molecule has 2 nitrogen and oxygen atoms in total. The summed E-state index contributed by atoms with van der Waals surface area (Å²) in [6.07, 6.45) is 3.75. The van der Waals surface area contributed by atoms with Gasteiger partial charge in [0.2, 0.25) is 0 Å². The highest BCUT2D eigenvalue weighted by Gasteiger charge is 2.25. The number of hydrogen-bond donors (Lipinski definition) is 2. The Labute approximate surface area is 109 Å². The highest BCUT2D eigenvalue weighted by molar-refractivity contribution is 5.90. The third kappa shape index (κ3) is 1.67. The summed E-state index contributed by atoms with van der Waals surface area (Å²) in [5.41, 5.74) is 7.11. The van der Waals surface area contributed by atoms with Crippen LogP contribution in [0.1, 0.15) is 48.2 Å². The lowest BCUT2D eigenvalue weighted by Crippen LogP contribution is -2.24. The van der Waals surface area contributed by atoms with E-state index in [0.717, 1.165) is 6.54 Å². The third-order valence-electron chi connectivity index (χ3n) is 4.21. The fourth-order valence-corrected chi connectivity index (χ4v) is 3.35. The minimum Gasteiger partial charge on any atom is -0.358 e. The van der Waals surface area contributed by atoms with Gasteiger partial charge in [-0.05, 0) is 56.3 Å². The van der Waals surface area contributed by atoms with Crippen molar-refractivity contribution in [3.05, 3.63) is 34.5 Å². The van der Waals surface area contributed by atoms with Crippen LogP contribution in [0.2, 0.25) is 0 Å². The predicted octanol–water partition coefficient (Wildman–Crippen LogP) is 3.77. The zero-order valence-electron chi connectivity index (χ0n) is 11.6. The van der Waals surface area contributed by atoms with Gasteiger partial charge in [0.15, 0.2) is 0 Å². The van der Waals surface area contributed by atoms with Crippen molar-refractivity contribution in [2.24, 2.45) is 0 Å². The van der Waals surface area contributed by atoms with Gasteiger partial charge in [0.25, 0.3) is 0 Å². The normalized spacial score (nSPS) is 19.2. The van der Waals surface area contributed by atoms with Crippen molar-refractivity contribution in [3.63, 3.8) is 0 Å². The summed E-state index contributed by atoms with van der Waals surface area (Å²) in [6.45, 7) is 7.67. The Morgan fingerprint density at radius 2 is 2.06 bits per heavy atom. The molecule has 0 saturated carbocycles. The monoisotopic (exact) mass is 242 g/mol. The van der Waals surface area contributed by atoms with E-state index in [1.807, 2.05) is 0 Å². The smallest absolute Gasteiger partial charge is 0.0491 e. The molecule has 1 heterocycles. The van der Waals surface area contributed by atoms with Gasteiger partial charge in [0.05, 0.1) is 0 Å². The maximum absolute atomic E-state index is 3.67. The molecule has 2 heteroatoms. The number of fused-ring (bicyclic) bond motifs is 3. The van der Waals surface area contributed by atoms with Gasteiger partial charge >= 0.3 is 0 Å². The second-order valence-electron chi connectivity index (χ2n) is 5.47. The molecule has 0 fully saturated rings. The van der Waals surface area contributed by atoms with Crippen LogP contribution in [0.15, 0.2) is 12.1 Å². The van der Waals surface area contributed by atoms with Crippen molar-refractivity contribution >= 4 is 10.9 Å². The van der Waals surface area contributed by atoms with Crippen molar-refractivity contribution in [1.29, 1.82) is 0 Å². The molecule has 1 aromatic carbocycles. The SMILES string of the molecule is CCNC1CCCc2[nH]c3c(C)ccc(C)c3c21. The molecule has 1 aromatic heterocycles. The lowest BCUT2D eigenvalue weighted by molar-refractivity contribution is 0.472. The third-order valence-corrected chi connectivity index (χ3v) is 4.21. The summed E-state index contributed by atoms with van der Waals surface area (Å²) in [6, 6.07) is 5.01. The summed E-state index contributed by atoms with van der Waals surface area (Å²) in [4.78, 5) is 3.67. The van der Waals surface area contributed by atoms with Gasteiger partial charge in [-0.1, -0.05) is 19.1 Å². The standard InChI is InChI=1S/C16H22N2/c1-4-17-12-6-5-7-13-15(12)14-10(2)8-9-11(3)16(14)18-13/h8-9,12,17-18H,4-7H2,1-3H3. The van der Waals surface area contributed by atoms with E-state index in [2.05, 4.69) is 43.2 Å². The minimum absolute atomic E-state index is 0.535. The van der Waals surface area contributed by atoms with E-state index >= 15 is 0 Å². The minimum atomic E-state index is 0.535. The molecule has 0 amide bonds. The zero-order valence-corrected chi connectivity index (χ0v) is 11.6. The molecule has 0 aliphatic heterocycles. The van der Waals surface area contributed by atoms with Crippen LogP contribution in [-0.2, 0) is 6.42 Å². The highest BCUT2D eigenvalue weighted by atomic mass is 14.9. The molecule has 0 radical (unpaired) electrons. The van der Waals surface area contributed by atoms with Crippen LogP contribution in [0, 0.1) is 13.8 Å². The van der Waals surface area contributed by atoms with Crippen molar-refractivity contribution in [2.75, 3.05) is 6.54 Å². The Morgan fingerprint density at radius 1 is 1.28 bits per heavy atom. The van der Waals surface area contributed by atoms with Gasteiger partial charge in [0, 0.05) is 22.6 Å². The number of H-pyrrole nitrogens is 1. The Hall–Kier alpha value is -1.28. The lowest BCUT2D eigenvalue weighted by Gasteiger charge is -2.24. The number of aromatic amines is 1. The molecule has 2 N–H and O–H groups in total. The van der Waals surface area contributed by atoms with Crippen LogP contribution in [0.4, 0.5) is 0 Å². The first kappa shape index (κ1) is 11.8. The Balaban J connectivity index is 2.27. The molecule has 2 aromatic rings. The maximum Gasteiger partial charge on any atom is 0.0491 e. The second kappa shape index (κ2) is 4.43. The first-order valence-electron chi connectivity index (χ1n) is 7.06. The molecule has 1 aliphatic carbocycles. The number of aromatic nitrogens is 1. The van der Waals surface area contributed by atoms with E-state index < -0.39 is 0 Å². The van der Waals surface area contributed by atoms with Crippen molar-refractivity contribution in [1.82, 2.24) is 10.3 Å². The quantitative estimate of drug-likeness (QED) is 0.824. The summed E-state index contributed by atoms with van der Waals surface area (Å²) in [5.74, 6) is 0. The van der Waals surface area contributed by atoms with Gasteiger partial charge in [-0.25, -0.2) is 0 Å². The van der Waals surface area contributed by atoms with Gasteiger partial charge < -0.3 is 10.3 Å². The number of nitrogens with one attached hydrogen (secondary N) is 2. The second-order valence-corrected chi connectivity index (χ2v) is 5.47. The lowest BCUT2D eigenvalue weighted by atomic mass is 9.89. The first-order valence-corrected chi connectivity index (χ1v) is 7.06. The van der Waals surface area contributed by atoms with E-state index in [-0.39, 0.29) is 0 Å². The van der Waals surface area contributed by atoms with E-state index in [4.69, 9.17) is 0 Å². The molecule has 3 rings (SSSR count). The Kier molecular flexibility index (Phi) is 2.90. The molecule has 0 spiro atoms. The van der Waals surface area contributed by atoms with Crippen molar-refractivity contribution < 1.29 is 0 Å². The van der Waals surface area contributed by atoms with E-state index in [1.54, 1.807) is 5.56 Å². The number of hydrogen-bond acceptors (Lipinski definition) is 1. The fourth-order valence-electron chi connectivity index (χ4n) is 3.35. The summed E-state index contributed by atoms with van der Waals surface area (Å²) in [5, 5.41) is 5.11. The van der Waals surface area contributed by atoms with E-state index in [0.29, 0.717) is 6.04 Å². The average molecular weight is 242 g/mol. The van der Waals surface area contributed by atoms with Crippen LogP contribution in [-0.4, -0.2) is 11.5 Å². The van der Waals surface area contributed by atoms with Crippen LogP contribution in [0.3, 0.4) is 0 Å². The number of aryl methyl sites for hydroxylation is 3. The first-order chi connectivity index (χ1) is 8.72. The highest BCUT2D eigenvalue weighted by Crippen LogP contribution is 2.38. The van der Waals surface area contributed by atoms with Gasteiger partial charge in [-0.15, -0.1) is 0 Å². The topological polar surface area (TPSA) is 27.8 Å². The molecule has 96 valence electrons. The summed E-state index contributed by atoms with van der Waals surface area (Å²) in [7, 11) is 0. The van der Waals surface area contributed by atoms with Gasteiger partial charge in [-0.2, -0.15) is 0 Å². The Bertz CT molecular complexity index is 580. The fraction of sp³-hybridized carbons (Fsp3) is 0.500. The largest absolute Gasteiger partial charge is 0.358 e. The molecule has 0 bridgehead atoms. The summed E-state index contributed by atoms with van der Waals surface area (Å²) < 4.78 is 0. The van der Waals surface area contributed by atoms with E-state index in [1.165, 1.54) is 47.0 Å². The maximum atomic E-state index is 3.67. The van der Waals surface area contributed by atoms with E-state index in [9.17, 15) is 0 Å². The van der Waals surface area contributed by atoms with Gasteiger partial charge in [-0.3, -0.25) is 0 Å². The van der Waals surface area contributed by atoms with Gasteiger partial charge in [0.1, 0.15) is 0 Å². The molecule has 18 heavy (non-hydrogen) atoms. The Morgan fingerprint density at radius 3 is 2.83 bits per heavy atom. The van der Waals surface area contributed by atoms with Crippen molar-refractivity contribution in [2.45, 2.75) is 46.1 Å².